The summed E-state index contributed by atoms with van der Waals surface area (Å²) in [6.45, 7) is 4.61. The van der Waals surface area contributed by atoms with Crippen LogP contribution < -0.4 is 0 Å². The third kappa shape index (κ3) is 4.71. The third-order valence-corrected chi connectivity index (χ3v) is 6.97. The molecule has 1 fully saturated rings. The molecule has 5 nitrogen and oxygen atoms in total. The molecular formula is C21H19Cl2NO4S. The average Bonchev–Trinajstić information content (AvgIpc) is 2.72. The molecule has 0 unspecified atom stereocenters. The van der Waals surface area contributed by atoms with E-state index in [4.69, 9.17) is 28.3 Å². The number of carbonyl (C=O) groups excluding carboxylic acids is 1. The number of rotatable bonds is 5. The smallest absolute Gasteiger partial charge is 0.306 e. The average molecular weight is 452 g/mol. The van der Waals surface area contributed by atoms with Crippen LogP contribution in [0.2, 0.25) is 10.0 Å². The fourth-order valence-electron chi connectivity index (χ4n) is 3.14. The molecule has 1 aliphatic heterocycles. The molecule has 1 aliphatic rings. The lowest BCUT2D eigenvalue weighted by molar-refractivity contribution is -0.144. The number of benzene rings is 2. The number of carboxylic acids is 1. The van der Waals surface area contributed by atoms with Gasteiger partial charge in [0.2, 0.25) is 0 Å². The maximum atomic E-state index is 12.8. The molecule has 0 aliphatic carbocycles. The zero-order valence-corrected chi connectivity index (χ0v) is 17.7. The van der Waals surface area contributed by atoms with Gasteiger partial charge in [0, 0.05) is 29.1 Å². The van der Waals surface area contributed by atoms with E-state index in [0.717, 1.165) is 0 Å². The van der Waals surface area contributed by atoms with Gasteiger partial charge in [0.05, 0.1) is 20.9 Å². The molecule has 0 saturated carbocycles. The van der Waals surface area contributed by atoms with Gasteiger partial charge in [-0.3, -0.25) is 9.59 Å². The predicted octanol–water partition coefficient (Wildman–Crippen LogP) is 5.19. The lowest BCUT2D eigenvalue weighted by atomic mass is 9.96. The Balaban J connectivity index is 1.76. The van der Waals surface area contributed by atoms with E-state index >= 15 is 0 Å². The van der Waals surface area contributed by atoms with Gasteiger partial charge in [-0.2, -0.15) is 0 Å². The first-order valence-corrected chi connectivity index (χ1v) is 10.5. The molecule has 0 bridgehead atoms. The van der Waals surface area contributed by atoms with Crippen molar-refractivity contribution < 1.29 is 19.8 Å². The van der Waals surface area contributed by atoms with E-state index in [-0.39, 0.29) is 27.3 Å². The van der Waals surface area contributed by atoms with E-state index in [1.165, 1.54) is 11.8 Å². The highest BCUT2D eigenvalue weighted by Gasteiger charge is 2.29. The molecule has 2 N–H and O–H groups in total. The summed E-state index contributed by atoms with van der Waals surface area (Å²) in [4.78, 5) is 26.8. The fourth-order valence-corrected chi connectivity index (χ4v) is 4.64. The first-order chi connectivity index (χ1) is 13.8. The van der Waals surface area contributed by atoms with Crippen LogP contribution in [0.3, 0.4) is 0 Å². The number of aromatic hydroxyl groups is 1. The zero-order chi connectivity index (χ0) is 21.1. The summed E-state index contributed by atoms with van der Waals surface area (Å²) in [5, 5.41) is 19.5. The molecule has 2 aromatic carbocycles. The minimum atomic E-state index is -0.830. The molecule has 0 atom stereocenters. The Morgan fingerprint density at radius 1 is 1.03 bits per heavy atom. The van der Waals surface area contributed by atoms with E-state index < -0.39 is 11.9 Å². The first-order valence-electron chi connectivity index (χ1n) is 8.94. The highest BCUT2D eigenvalue weighted by molar-refractivity contribution is 7.99. The van der Waals surface area contributed by atoms with Crippen molar-refractivity contribution in [2.45, 2.75) is 22.6 Å². The van der Waals surface area contributed by atoms with E-state index in [1.807, 2.05) is 0 Å². The maximum absolute atomic E-state index is 12.8. The van der Waals surface area contributed by atoms with Gasteiger partial charge >= 0.3 is 5.97 Å². The summed E-state index contributed by atoms with van der Waals surface area (Å²) in [5.74, 6) is -1.40. The zero-order valence-electron chi connectivity index (χ0n) is 15.4. The summed E-state index contributed by atoms with van der Waals surface area (Å²) in [5.41, 5.74) is 0.647. The largest absolute Gasteiger partial charge is 0.507 e. The first kappa shape index (κ1) is 21.6. The molecule has 0 aromatic heterocycles. The molecular weight excluding hydrogens is 433 g/mol. The van der Waals surface area contributed by atoms with Crippen LogP contribution in [-0.4, -0.2) is 40.1 Å². The molecule has 8 heteroatoms. The predicted molar refractivity (Wildman–Crippen MR) is 115 cm³/mol. The van der Waals surface area contributed by atoms with Crippen LogP contribution in [0.25, 0.3) is 5.57 Å². The second-order valence-corrected chi connectivity index (χ2v) is 8.53. The van der Waals surface area contributed by atoms with E-state index in [2.05, 4.69) is 6.58 Å². The highest BCUT2D eigenvalue weighted by atomic mass is 35.5. The number of amides is 1. The molecule has 1 amide bonds. The van der Waals surface area contributed by atoms with Crippen LogP contribution in [0.4, 0.5) is 0 Å². The Kier molecular flexibility index (Phi) is 6.77. The molecule has 29 heavy (non-hydrogen) atoms. The third-order valence-electron chi connectivity index (χ3n) is 4.85. The standard InChI is InChI=1S/C21H19Cl2NO4S/c1-12(20(26)24-10-8-13(9-11-24)21(27)28)14-6-7-17(19(23)18(14)22)29-16-5-3-2-4-15(16)25/h2-7,13,25H,1,8-11H2,(H,27,28). The number of phenolic OH excluding ortho intramolecular Hbond substituents is 1. The number of piperidine rings is 1. The van der Waals surface area contributed by atoms with Gasteiger partial charge in [0.15, 0.2) is 0 Å². The van der Waals surface area contributed by atoms with Crippen LogP contribution in [0.15, 0.2) is 52.8 Å². The van der Waals surface area contributed by atoms with Crippen molar-refractivity contribution in [3.05, 3.63) is 58.6 Å². The number of hydrogen-bond donors (Lipinski definition) is 2. The van der Waals surface area contributed by atoms with E-state index in [1.54, 1.807) is 41.3 Å². The van der Waals surface area contributed by atoms with Crippen LogP contribution in [-0.2, 0) is 9.59 Å². The maximum Gasteiger partial charge on any atom is 0.306 e. The Morgan fingerprint density at radius 3 is 2.31 bits per heavy atom. The van der Waals surface area contributed by atoms with Crippen molar-refractivity contribution in [2.24, 2.45) is 5.92 Å². The van der Waals surface area contributed by atoms with Gasteiger partial charge in [-0.15, -0.1) is 0 Å². The Labute approximate surface area is 182 Å². The number of carbonyl (C=O) groups is 2. The van der Waals surface area contributed by atoms with Crippen molar-refractivity contribution >= 4 is 52.4 Å². The second-order valence-electron chi connectivity index (χ2n) is 6.69. The number of para-hydroxylation sites is 1. The van der Waals surface area contributed by atoms with Crippen molar-refractivity contribution in [3.8, 4) is 5.75 Å². The molecule has 0 spiro atoms. The van der Waals surface area contributed by atoms with Crippen LogP contribution in [0.5, 0.6) is 5.75 Å². The summed E-state index contributed by atoms with van der Waals surface area (Å²) >= 11 is 14.1. The second kappa shape index (κ2) is 9.11. The number of phenols is 1. The van der Waals surface area contributed by atoms with Gasteiger partial charge in [-0.1, -0.05) is 59.7 Å². The van der Waals surface area contributed by atoms with Gasteiger partial charge < -0.3 is 15.1 Å². The van der Waals surface area contributed by atoms with Crippen molar-refractivity contribution in [3.63, 3.8) is 0 Å². The normalized spacial score (nSPS) is 14.6. The summed E-state index contributed by atoms with van der Waals surface area (Å²) in [7, 11) is 0. The number of likely N-dealkylation sites (tertiary alicyclic amines) is 1. The number of halogens is 2. The van der Waals surface area contributed by atoms with E-state index in [0.29, 0.717) is 41.3 Å². The van der Waals surface area contributed by atoms with E-state index in [9.17, 15) is 14.7 Å². The quantitative estimate of drug-likeness (QED) is 0.611. The Morgan fingerprint density at radius 2 is 1.69 bits per heavy atom. The lowest BCUT2D eigenvalue weighted by Crippen LogP contribution is -2.40. The molecule has 0 radical (unpaired) electrons. The number of hydrogen-bond acceptors (Lipinski definition) is 4. The Hall–Kier alpha value is -2.15. The fraction of sp³-hybridized carbons (Fsp3) is 0.238. The molecule has 3 rings (SSSR count). The molecule has 2 aromatic rings. The minimum Gasteiger partial charge on any atom is -0.507 e. The van der Waals surface area contributed by atoms with Crippen molar-refractivity contribution in [1.29, 1.82) is 0 Å². The van der Waals surface area contributed by atoms with Crippen molar-refractivity contribution in [1.82, 2.24) is 4.90 Å². The van der Waals surface area contributed by atoms with Gasteiger partial charge in [0.25, 0.3) is 5.91 Å². The summed E-state index contributed by atoms with van der Waals surface area (Å²) in [6, 6.07) is 10.3. The number of nitrogens with zero attached hydrogens (tertiary/aromatic N) is 1. The van der Waals surface area contributed by atoms with Gasteiger partial charge in [-0.25, -0.2) is 0 Å². The lowest BCUT2D eigenvalue weighted by Gasteiger charge is -2.30. The number of carboxylic acid groups (broad SMARTS) is 1. The summed E-state index contributed by atoms with van der Waals surface area (Å²) in [6.07, 6.45) is 0.831. The Bertz CT molecular complexity index is 971. The topological polar surface area (TPSA) is 77.8 Å². The monoisotopic (exact) mass is 451 g/mol. The van der Waals surface area contributed by atoms with Crippen LogP contribution >= 0.6 is 35.0 Å². The van der Waals surface area contributed by atoms with Crippen molar-refractivity contribution in [2.75, 3.05) is 13.1 Å². The van der Waals surface area contributed by atoms with Gasteiger partial charge in [0.1, 0.15) is 5.75 Å². The minimum absolute atomic E-state index is 0.137. The van der Waals surface area contributed by atoms with Gasteiger partial charge in [-0.05, 0) is 31.0 Å². The SMILES string of the molecule is C=C(C(=O)N1CCC(C(=O)O)CC1)c1ccc(Sc2ccccc2O)c(Cl)c1Cl. The molecule has 1 heterocycles. The number of aliphatic carboxylic acids is 1. The summed E-state index contributed by atoms with van der Waals surface area (Å²) < 4.78 is 0. The van der Waals surface area contributed by atoms with Crippen LogP contribution in [0.1, 0.15) is 18.4 Å². The van der Waals surface area contributed by atoms with Crippen LogP contribution in [0, 0.1) is 5.92 Å². The molecule has 1 saturated heterocycles. The molecule has 152 valence electrons. The highest BCUT2D eigenvalue weighted by Crippen LogP contribution is 2.42.